The van der Waals surface area contributed by atoms with Gasteiger partial charge in [0.1, 0.15) is 4.21 Å². The van der Waals surface area contributed by atoms with Crippen molar-refractivity contribution in [3.05, 3.63) is 76.1 Å². The maximum Gasteiger partial charge on any atom is 0.338 e. The first kappa shape index (κ1) is 22.0. The van der Waals surface area contributed by atoms with Crippen LogP contribution < -0.4 is 10.0 Å². The molecule has 1 unspecified atom stereocenters. The van der Waals surface area contributed by atoms with Crippen molar-refractivity contribution in [3.8, 4) is 0 Å². The maximum atomic E-state index is 12.3. The number of hydrogen-bond donors (Lipinski definition) is 2. The van der Waals surface area contributed by atoms with E-state index < -0.39 is 28.0 Å². The second-order valence-corrected chi connectivity index (χ2v) is 10.5. The number of carbonyl (C=O) groups is 2. The molecular weight excluding hydrogens is 492 g/mol. The number of nitrogens with one attached hydrogen (secondary N) is 2. The molecule has 156 valence electrons. The minimum absolute atomic E-state index is 0.163. The fraction of sp³-hybridized carbons (Fsp3) is 0.100. The zero-order valence-corrected chi connectivity index (χ0v) is 18.9. The van der Waals surface area contributed by atoms with Crippen LogP contribution in [0.2, 0.25) is 0 Å². The van der Waals surface area contributed by atoms with E-state index in [2.05, 4.69) is 26.0 Å². The van der Waals surface area contributed by atoms with Crippen LogP contribution in [0.4, 0.5) is 11.4 Å². The average molecular weight is 509 g/mol. The fourth-order valence-corrected chi connectivity index (χ4v) is 5.44. The first-order valence-electron chi connectivity index (χ1n) is 8.70. The number of sulfonamides is 1. The number of rotatable bonds is 7. The topological polar surface area (TPSA) is 102 Å². The van der Waals surface area contributed by atoms with E-state index in [0.717, 1.165) is 11.3 Å². The van der Waals surface area contributed by atoms with Gasteiger partial charge in [0.25, 0.3) is 15.9 Å². The van der Waals surface area contributed by atoms with E-state index >= 15 is 0 Å². The Kier molecular flexibility index (Phi) is 6.91. The molecule has 30 heavy (non-hydrogen) atoms. The summed E-state index contributed by atoms with van der Waals surface area (Å²) in [6, 6.07) is 17.7. The van der Waals surface area contributed by atoms with Gasteiger partial charge in [-0.15, -0.1) is 11.3 Å². The molecule has 0 aliphatic rings. The second kappa shape index (κ2) is 9.41. The molecule has 0 fully saturated rings. The number of amides is 1. The number of carbonyl (C=O) groups excluding carboxylic acids is 2. The van der Waals surface area contributed by atoms with Crippen molar-refractivity contribution in [3.63, 3.8) is 0 Å². The van der Waals surface area contributed by atoms with Gasteiger partial charge in [0, 0.05) is 11.4 Å². The van der Waals surface area contributed by atoms with Crippen LogP contribution in [0.3, 0.4) is 0 Å². The Morgan fingerprint density at radius 3 is 2.23 bits per heavy atom. The summed E-state index contributed by atoms with van der Waals surface area (Å²) >= 11 is 4.32. The summed E-state index contributed by atoms with van der Waals surface area (Å²) < 4.78 is 33.2. The highest BCUT2D eigenvalue weighted by atomic mass is 79.9. The van der Waals surface area contributed by atoms with Crippen LogP contribution in [0.5, 0.6) is 0 Å². The molecule has 0 spiro atoms. The van der Waals surface area contributed by atoms with Crippen LogP contribution in [0.15, 0.2) is 74.7 Å². The minimum Gasteiger partial charge on any atom is -0.449 e. The molecule has 0 bridgehead atoms. The molecule has 3 aromatic rings. The lowest BCUT2D eigenvalue weighted by atomic mass is 10.2. The molecule has 0 aliphatic heterocycles. The van der Waals surface area contributed by atoms with Crippen molar-refractivity contribution >= 4 is 60.5 Å². The molecule has 0 saturated carbocycles. The smallest absolute Gasteiger partial charge is 0.338 e. The van der Waals surface area contributed by atoms with E-state index in [1.54, 1.807) is 30.3 Å². The lowest BCUT2D eigenvalue weighted by molar-refractivity contribution is -0.123. The summed E-state index contributed by atoms with van der Waals surface area (Å²) in [5.41, 5.74) is 1.09. The zero-order chi connectivity index (χ0) is 21.7. The van der Waals surface area contributed by atoms with Gasteiger partial charge in [-0.05, 0) is 71.4 Å². The van der Waals surface area contributed by atoms with E-state index in [9.17, 15) is 18.0 Å². The van der Waals surface area contributed by atoms with Crippen molar-refractivity contribution in [1.82, 2.24) is 0 Å². The number of benzene rings is 2. The van der Waals surface area contributed by atoms with Gasteiger partial charge in [0.05, 0.1) is 9.35 Å². The van der Waals surface area contributed by atoms with Crippen molar-refractivity contribution < 1.29 is 22.7 Å². The van der Waals surface area contributed by atoms with E-state index in [-0.39, 0.29) is 9.77 Å². The summed E-state index contributed by atoms with van der Waals surface area (Å²) in [5.74, 6) is -1.15. The number of para-hydroxylation sites is 1. The van der Waals surface area contributed by atoms with Crippen LogP contribution in [-0.4, -0.2) is 26.4 Å². The summed E-state index contributed by atoms with van der Waals surface area (Å²) in [6.45, 7) is 1.47. The van der Waals surface area contributed by atoms with Gasteiger partial charge in [-0.1, -0.05) is 18.2 Å². The highest BCUT2D eigenvalue weighted by Gasteiger charge is 2.20. The van der Waals surface area contributed by atoms with E-state index in [0.29, 0.717) is 15.2 Å². The molecule has 3 rings (SSSR count). The Balaban J connectivity index is 1.60. The Labute approximate surface area is 186 Å². The number of hydrogen-bond acceptors (Lipinski definition) is 6. The molecule has 10 heteroatoms. The fourth-order valence-electron chi connectivity index (χ4n) is 2.37. The Morgan fingerprint density at radius 1 is 0.967 bits per heavy atom. The van der Waals surface area contributed by atoms with Gasteiger partial charge in [0.2, 0.25) is 0 Å². The molecule has 2 N–H and O–H groups in total. The summed E-state index contributed by atoms with van der Waals surface area (Å²) in [5, 5.41) is 2.66. The monoisotopic (exact) mass is 508 g/mol. The van der Waals surface area contributed by atoms with Gasteiger partial charge in [-0.3, -0.25) is 9.52 Å². The SMILES string of the molecule is CC(OC(=O)c1ccc(NS(=O)(=O)c2ccc(Br)s2)cc1)C(=O)Nc1ccccc1. The van der Waals surface area contributed by atoms with Crippen LogP contribution >= 0.6 is 27.3 Å². The number of thiophene rings is 1. The van der Waals surface area contributed by atoms with E-state index in [4.69, 9.17) is 4.74 Å². The maximum absolute atomic E-state index is 12.3. The standard InChI is InChI=1S/C20H17BrN2O5S2/c1-13(19(24)22-15-5-3-2-4-6-15)28-20(25)14-7-9-16(10-8-14)23-30(26,27)18-12-11-17(21)29-18/h2-13,23H,1H3,(H,22,24). The molecule has 7 nitrogen and oxygen atoms in total. The third-order valence-corrected chi connectivity index (χ3v) is 7.38. The quantitative estimate of drug-likeness (QED) is 0.457. The summed E-state index contributed by atoms with van der Waals surface area (Å²) in [7, 11) is -3.72. The zero-order valence-electron chi connectivity index (χ0n) is 15.7. The Bertz CT molecular complexity index is 1150. The predicted octanol–water partition coefficient (Wildman–Crippen LogP) is 4.50. The van der Waals surface area contributed by atoms with Crippen molar-refractivity contribution in [2.24, 2.45) is 0 Å². The highest BCUT2D eigenvalue weighted by Crippen LogP contribution is 2.27. The molecular formula is C20H17BrN2O5S2. The Morgan fingerprint density at radius 2 is 1.63 bits per heavy atom. The van der Waals surface area contributed by atoms with Crippen LogP contribution in [0, 0.1) is 0 Å². The molecule has 1 atom stereocenters. The highest BCUT2D eigenvalue weighted by molar-refractivity contribution is 9.11. The number of ether oxygens (including phenoxy) is 1. The molecule has 0 aliphatic carbocycles. The van der Waals surface area contributed by atoms with Gasteiger partial charge in [0.15, 0.2) is 6.10 Å². The predicted molar refractivity (Wildman–Crippen MR) is 119 cm³/mol. The molecule has 0 radical (unpaired) electrons. The van der Waals surface area contributed by atoms with Crippen LogP contribution in [0.1, 0.15) is 17.3 Å². The number of halogens is 1. The average Bonchev–Trinajstić information content (AvgIpc) is 3.16. The van der Waals surface area contributed by atoms with Gasteiger partial charge < -0.3 is 10.1 Å². The molecule has 1 heterocycles. The van der Waals surface area contributed by atoms with Gasteiger partial charge >= 0.3 is 5.97 Å². The lowest BCUT2D eigenvalue weighted by Gasteiger charge is -2.14. The summed E-state index contributed by atoms with van der Waals surface area (Å²) in [6.07, 6.45) is -1.01. The van der Waals surface area contributed by atoms with Crippen molar-refractivity contribution in [2.75, 3.05) is 10.0 Å². The third kappa shape index (κ3) is 5.68. The van der Waals surface area contributed by atoms with Crippen molar-refractivity contribution in [1.29, 1.82) is 0 Å². The third-order valence-electron chi connectivity index (χ3n) is 3.88. The van der Waals surface area contributed by atoms with Gasteiger partial charge in [-0.25, -0.2) is 13.2 Å². The second-order valence-electron chi connectivity index (χ2n) is 6.14. The normalized spacial score (nSPS) is 12.1. The molecule has 1 amide bonds. The Hall–Kier alpha value is -2.69. The molecule has 1 aromatic heterocycles. The van der Waals surface area contributed by atoms with Gasteiger partial charge in [-0.2, -0.15) is 0 Å². The van der Waals surface area contributed by atoms with Crippen molar-refractivity contribution in [2.45, 2.75) is 17.2 Å². The molecule has 2 aromatic carbocycles. The lowest BCUT2D eigenvalue weighted by Crippen LogP contribution is -2.30. The largest absolute Gasteiger partial charge is 0.449 e. The van der Waals surface area contributed by atoms with Crippen LogP contribution in [0.25, 0.3) is 0 Å². The molecule has 0 saturated heterocycles. The number of esters is 1. The first-order chi connectivity index (χ1) is 14.2. The van der Waals surface area contributed by atoms with Crippen LogP contribution in [-0.2, 0) is 19.6 Å². The minimum atomic E-state index is -3.72. The summed E-state index contributed by atoms with van der Waals surface area (Å²) in [4.78, 5) is 24.4. The van der Waals surface area contributed by atoms with E-state index in [1.807, 2.05) is 6.07 Å². The number of anilines is 2. The first-order valence-corrected chi connectivity index (χ1v) is 11.8. The van der Waals surface area contributed by atoms with E-state index in [1.165, 1.54) is 37.3 Å².